The predicted molar refractivity (Wildman–Crippen MR) is 72.2 cm³/mol. The first-order valence-electron chi connectivity index (χ1n) is 5.78. The van der Waals surface area contributed by atoms with Gasteiger partial charge in [0.15, 0.2) is 5.69 Å². The Morgan fingerprint density at radius 3 is 2.24 bits per heavy atom. The lowest BCUT2D eigenvalue weighted by Gasteiger charge is -2.07. The van der Waals surface area contributed by atoms with Gasteiger partial charge in [0.25, 0.3) is 0 Å². The van der Waals surface area contributed by atoms with Gasteiger partial charge in [-0.3, -0.25) is 0 Å². The van der Waals surface area contributed by atoms with Crippen LogP contribution in [0.3, 0.4) is 0 Å². The summed E-state index contributed by atoms with van der Waals surface area (Å²) in [6.07, 6.45) is 0. The molecule has 2 rings (SSSR count). The summed E-state index contributed by atoms with van der Waals surface area (Å²) in [5, 5.41) is 0. The lowest BCUT2D eigenvalue weighted by molar-refractivity contribution is 0.867. The Labute approximate surface area is 103 Å². The number of hydrogen-bond donors (Lipinski definition) is 0. The fourth-order valence-corrected chi connectivity index (χ4v) is 1.82. The molecule has 84 valence electrons. The third-order valence-corrected chi connectivity index (χ3v) is 2.89. The largest absolute Gasteiger partial charge is 0.238 e. The maximum absolute atomic E-state index is 7.02. The molecular formula is C16H15N. The van der Waals surface area contributed by atoms with E-state index in [0.29, 0.717) is 11.6 Å². The van der Waals surface area contributed by atoms with Crippen molar-refractivity contribution in [2.24, 2.45) is 0 Å². The average Bonchev–Trinajstić information content (AvgIpc) is 2.39. The molecule has 0 heterocycles. The molecule has 1 nitrogen and oxygen atoms in total. The van der Waals surface area contributed by atoms with Gasteiger partial charge in [-0.15, -0.1) is 0 Å². The fourth-order valence-electron chi connectivity index (χ4n) is 1.82. The minimum Gasteiger partial charge on any atom is -0.238 e. The van der Waals surface area contributed by atoms with Gasteiger partial charge in [-0.25, -0.2) is 4.85 Å². The van der Waals surface area contributed by atoms with Gasteiger partial charge in [-0.1, -0.05) is 56.3 Å². The van der Waals surface area contributed by atoms with Crippen LogP contribution in [0, 0.1) is 6.57 Å². The van der Waals surface area contributed by atoms with E-state index in [0.717, 1.165) is 5.56 Å². The molecule has 1 heteroatoms. The minimum atomic E-state index is 0.554. The third kappa shape index (κ3) is 2.54. The van der Waals surface area contributed by atoms with Gasteiger partial charge >= 0.3 is 0 Å². The van der Waals surface area contributed by atoms with Gasteiger partial charge in [-0.2, -0.15) is 0 Å². The van der Waals surface area contributed by atoms with Gasteiger partial charge in [0, 0.05) is 0 Å². The van der Waals surface area contributed by atoms with Crippen molar-refractivity contribution in [1.29, 1.82) is 0 Å². The van der Waals surface area contributed by atoms with Crippen molar-refractivity contribution in [3.8, 4) is 11.1 Å². The van der Waals surface area contributed by atoms with E-state index >= 15 is 0 Å². The van der Waals surface area contributed by atoms with E-state index in [2.05, 4.69) is 43.0 Å². The maximum atomic E-state index is 7.02. The predicted octanol–water partition coefficient (Wildman–Crippen LogP) is 5.03. The highest BCUT2D eigenvalue weighted by molar-refractivity contribution is 5.68. The highest BCUT2D eigenvalue weighted by Gasteiger charge is 2.01. The van der Waals surface area contributed by atoms with Crippen molar-refractivity contribution in [3.05, 3.63) is 65.5 Å². The monoisotopic (exact) mass is 221 g/mol. The fraction of sp³-hybridized carbons (Fsp3) is 0.188. The van der Waals surface area contributed by atoms with Crippen molar-refractivity contribution in [1.82, 2.24) is 0 Å². The molecule has 0 amide bonds. The van der Waals surface area contributed by atoms with Crippen molar-refractivity contribution in [3.63, 3.8) is 0 Å². The van der Waals surface area contributed by atoms with Gasteiger partial charge in [-0.05, 0) is 28.7 Å². The first-order valence-corrected chi connectivity index (χ1v) is 5.78. The second kappa shape index (κ2) is 4.84. The quantitative estimate of drug-likeness (QED) is 0.626. The zero-order chi connectivity index (χ0) is 12.3. The molecule has 0 atom stereocenters. The number of nitrogens with zero attached hydrogens (tertiary/aromatic N) is 1. The van der Waals surface area contributed by atoms with Crippen LogP contribution >= 0.6 is 0 Å². The molecule has 0 bridgehead atoms. The number of benzene rings is 2. The molecule has 17 heavy (non-hydrogen) atoms. The smallest absolute Gasteiger partial charge is 0.187 e. The van der Waals surface area contributed by atoms with Crippen molar-refractivity contribution in [2.45, 2.75) is 19.8 Å². The van der Waals surface area contributed by atoms with Gasteiger partial charge in [0.1, 0.15) is 0 Å². The summed E-state index contributed by atoms with van der Waals surface area (Å²) < 4.78 is 0. The highest BCUT2D eigenvalue weighted by Crippen LogP contribution is 2.25. The van der Waals surface area contributed by atoms with E-state index in [1.165, 1.54) is 11.1 Å². The molecule has 0 unspecified atom stereocenters. The Balaban J connectivity index is 2.37. The van der Waals surface area contributed by atoms with Crippen LogP contribution in [0.2, 0.25) is 0 Å². The first kappa shape index (κ1) is 11.4. The minimum absolute atomic E-state index is 0.554. The molecule has 0 saturated heterocycles. The Kier molecular flexibility index (Phi) is 3.25. The molecule has 0 aromatic heterocycles. The lowest BCUT2D eigenvalue weighted by atomic mass is 9.99. The van der Waals surface area contributed by atoms with E-state index in [1.54, 1.807) is 0 Å². The summed E-state index contributed by atoms with van der Waals surface area (Å²) in [5.74, 6) is 0.554. The van der Waals surface area contributed by atoms with Crippen LogP contribution in [0.5, 0.6) is 0 Å². The Morgan fingerprint density at radius 2 is 1.65 bits per heavy atom. The van der Waals surface area contributed by atoms with E-state index in [9.17, 15) is 0 Å². The Morgan fingerprint density at radius 1 is 0.941 bits per heavy atom. The SMILES string of the molecule is [C-]#[N+]c1cccc(-c2ccc(C(C)C)cc2)c1. The van der Waals surface area contributed by atoms with Crippen LogP contribution < -0.4 is 0 Å². The molecule has 0 fully saturated rings. The summed E-state index contributed by atoms with van der Waals surface area (Å²) in [7, 11) is 0. The third-order valence-electron chi connectivity index (χ3n) is 2.89. The molecule has 0 aliphatic carbocycles. The standard InChI is InChI=1S/C16H15N/c1-12(2)13-7-9-14(10-8-13)15-5-4-6-16(11-15)17-3/h4-12H,1-2H3. The van der Waals surface area contributed by atoms with Crippen LogP contribution in [-0.4, -0.2) is 0 Å². The van der Waals surface area contributed by atoms with Gasteiger partial charge in [0.05, 0.1) is 6.57 Å². The molecule has 0 spiro atoms. The van der Waals surface area contributed by atoms with Crippen molar-refractivity contribution < 1.29 is 0 Å². The molecule has 0 aliphatic heterocycles. The zero-order valence-corrected chi connectivity index (χ0v) is 10.1. The van der Waals surface area contributed by atoms with Crippen LogP contribution in [0.1, 0.15) is 25.3 Å². The normalized spacial score (nSPS) is 10.2. The number of hydrogen-bond acceptors (Lipinski definition) is 0. The average molecular weight is 221 g/mol. The van der Waals surface area contributed by atoms with Crippen molar-refractivity contribution >= 4 is 5.69 Å². The molecule has 2 aromatic carbocycles. The van der Waals surface area contributed by atoms with E-state index in [-0.39, 0.29) is 0 Å². The van der Waals surface area contributed by atoms with E-state index < -0.39 is 0 Å². The van der Waals surface area contributed by atoms with Crippen LogP contribution in [0.25, 0.3) is 16.0 Å². The maximum Gasteiger partial charge on any atom is 0.187 e. The molecule has 0 N–H and O–H groups in total. The molecule has 0 aliphatic rings. The molecule has 0 radical (unpaired) electrons. The Bertz CT molecular complexity index is 544. The molecule has 2 aromatic rings. The summed E-state index contributed by atoms with van der Waals surface area (Å²) in [6, 6.07) is 16.3. The number of rotatable bonds is 2. The highest BCUT2D eigenvalue weighted by atomic mass is 14.6. The van der Waals surface area contributed by atoms with Crippen LogP contribution in [0.15, 0.2) is 48.5 Å². The topological polar surface area (TPSA) is 4.36 Å². The van der Waals surface area contributed by atoms with Crippen LogP contribution in [-0.2, 0) is 0 Å². The summed E-state index contributed by atoms with van der Waals surface area (Å²) in [6.45, 7) is 11.4. The second-order valence-electron chi connectivity index (χ2n) is 4.44. The lowest BCUT2D eigenvalue weighted by Crippen LogP contribution is -1.86. The summed E-state index contributed by atoms with van der Waals surface area (Å²) >= 11 is 0. The first-order chi connectivity index (χ1) is 8.20. The van der Waals surface area contributed by atoms with Crippen LogP contribution in [0.4, 0.5) is 5.69 Å². The van der Waals surface area contributed by atoms with E-state index in [1.807, 2.05) is 24.3 Å². The summed E-state index contributed by atoms with van der Waals surface area (Å²) in [4.78, 5) is 3.45. The second-order valence-corrected chi connectivity index (χ2v) is 4.44. The van der Waals surface area contributed by atoms with Gasteiger partial charge in [0.2, 0.25) is 0 Å². The van der Waals surface area contributed by atoms with E-state index in [4.69, 9.17) is 6.57 Å². The molecular weight excluding hydrogens is 206 g/mol. The van der Waals surface area contributed by atoms with Gasteiger partial charge < -0.3 is 0 Å². The zero-order valence-electron chi connectivity index (χ0n) is 10.1. The van der Waals surface area contributed by atoms with Crippen molar-refractivity contribution in [2.75, 3.05) is 0 Å². The Hall–Kier alpha value is -2.07. The molecule has 0 saturated carbocycles. The summed E-state index contributed by atoms with van der Waals surface area (Å²) in [5.41, 5.74) is 4.30.